The molecule has 2 rings (SSSR count). The first-order valence-electron chi connectivity index (χ1n) is 7.44. The Bertz CT molecular complexity index is 755. The van der Waals surface area contributed by atoms with E-state index in [9.17, 15) is 18.0 Å². The van der Waals surface area contributed by atoms with Crippen LogP contribution in [0.1, 0.15) is 17.5 Å². The van der Waals surface area contributed by atoms with Gasteiger partial charge >= 0.3 is 12.3 Å². The molecule has 0 N–H and O–H groups in total. The Labute approximate surface area is 143 Å². The van der Waals surface area contributed by atoms with Gasteiger partial charge in [-0.1, -0.05) is 36.4 Å². The van der Waals surface area contributed by atoms with Crippen LogP contribution in [0.2, 0.25) is 0 Å². The SMILES string of the molecule is N#CCCN(C(=O)OCc1ccccc1)c1cccc(C(F)(F)F)c1. The Morgan fingerprint density at radius 1 is 1.12 bits per heavy atom. The molecule has 2 aromatic rings. The van der Waals surface area contributed by atoms with E-state index in [1.807, 2.05) is 12.1 Å². The van der Waals surface area contributed by atoms with E-state index in [4.69, 9.17) is 10.00 Å². The average Bonchev–Trinajstić information content (AvgIpc) is 2.61. The molecule has 1 amide bonds. The molecule has 0 aliphatic carbocycles. The third kappa shape index (κ3) is 5.24. The molecule has 25 heavy (non-hydrogen) atoms. The Kier molecular flexibility index (Phi) is 6.01. The van der Waals surface area contributed by atoms with E-state index >= 15 is 0 Å². The summed E-state index contributed by atoms with van der Waals surface area (Å²) in [5, 5.41) is 8.73. The summed E-state index contributed by atoms with van der Waals surface area (Å²) in [4.78, 5) is 13.3. The fourth-order valence-corrected chi connectivity index (χ4v) is 2.13. The van der Waals surface area contributed by atoms with Crippen molar-refractivity contribution in [2.45, 2.75) is 19.2 Å². The van der Waals surface area contributed by atoms with Gasteiger partial charge in [-0.25, -0.2) is 4.79 Å². The number of nitrogens with zero attached hydrogens (tertiary/aromatic N) is 2. The van der Waals surface area contributed by atoms with Crippen molar-refractivity contribution >= 4 is 11.8 Å². The number of ether oxygens (including phenoxy) is 1. The van der Waals surface area contributed by atoms with E-state index in [0.29, 0.717) is 0 Å². The molecule has 0 bridgehead atoms. The summed E-state index contributed by atoms with van der Waals surface area (Å²) in [6, 6.07) is 15.1. The van der Waals surface area contributed by atoms with Crippen LogP contribution in [0, 0.1) is 11.3 Å². The van der Waals surface area contributed by atoms with Crippen LogP contribution in [0.5, 0.6) is 0 Å². The van der Waals surface area contributed by atoms with Gasteiger partial charge in [-0.3, -0.25) is 4.90 Å². The summed E-state index contributed by atoms with van der Waals surface area (Å²) in [6.07, 6.45) is -5.36. The summed E-state index contributed by atoms with van der Waals surface area (Å²) >= 11 is 0. The molecule has 0 heterocycles. The Morgan fingerprint density at radius 3 is 2.48 bits per heavy atom. The Balaban J connectivity index is 2.18. The molecule has 0 saturated heterocycles. The van der Waals surface area contributed by atoms with Crippen molar-refractivity contribution in [3.05, 3.63) is 65.7 Å². The van der Waals surface area contributed by atoms with Crippen LogP contribution < -0.4 is 4.90 Å². The van der Waals surface area contributed by atoms with Gasteiger partial charge in [0.1, 0.15) is 6.61 Å². The highest BCUT2D eigenvalue weighted by atomic mass is 19.4. The fraction of sp³-hybridized carbons (Fsp3) is 0.222. The van der Waals surface area contributed by atoms with Crippen LogP contribution in [0.3, 0.4) is 0 Å². The predicted octanol–water partition coefficient (Wildman–Crippen LogP) is 4.76. The van der Waals surface area contributed by atoms with Gasteiger partial charge < -0.3 is 4.74 Å². The molecule has 130 valence electrons. The summed E-state index contributed by atoms with van der Waals surface area (Å²) in [5.74, 6) is 0. The molecule has 0 unspecified atom stereocenters. The monoisotopic (exact) mass is 348 g/mol. The zero-order valence-corrected chi connectivity index (χ0v) is 13.2. The van der Waals surface area contributed by atoms with Crippen molar-refractivity contribution in [1.29, 1.82) is 5.26 Å². The van der Waals surface area contributed by atoms with E-state index in [0.717, 1.165) is 22.6 Å². The minimum absolute atomic E-state index is 0.0122. The molecule has 7 heteroatoms. The molecule has 0 saturated carbocycles. The molecule has 0 fully saturated rings. The largest absolute Gasteiger partial charge is 0.444 e. The summed E-state index contributed by atoms with van der Waals surface area (Å²) in [6.45, 7) is -0.0763. The van der Waals surface area contributed by atoms with E-state index in [-0.39, 0.29) is 25.3 Å². The van der Waals surface area contributed by atoms with Crippen LogP contribution in [-0.2, 0) is 17.5 Å². The van der Waals surface area contributed by atoms with Crippen LogP contribution in [0.25, 0.3) is 0 Å². The van der Waals surface area contributed by atoms with Gasteiger partial charge in [-0.15, -0.1) is 0 Å². The van der Waals surface area contributed by atoms with Crippen molar-refractivity contribution in [3.63, 3.8) is 0 Å². The zero-order chi connectivity index (χ0) is 18.3. The second kappa shape index (κ2) is 8.20. The molecule has 4 nitrogen and oxygen atoms in total. The van der Waals surface area contributed by atoms with Crippen molar-refractivity contribution in [3.8, 4) is 6.07 Å². The standard InChI is InChI=1S/C18H15F3N2O2/c19-18(20,21)15-8-4-9-16(12-15)23(11-5-10-22)17(24)25-13-14-6-2-1-3-7-14/h1-4,6-9,12H,5,11,13H2. The maximum Gasteiger partial charge on any atom is 0.416 e. The number of benzene rings is 2. The van der Waals surface area contributed by atoms with Gasteiger partial charge in [0.15, 0.2) is 0 Å². The van der Waals surface area contributed by atoms with E-state index in [2.05, 4.69) is 0 Å². The van der Waals surface area contributed by atoms with Crippen LogP contribution >= 0.6 is 0 Å². The first kappa shape index (κ1) is 18.3. The highest BCUT2D eigenvalue weighted by Gasteiger charge is 2.31. The van der Waals surface area contributed by atoms with Gasteiger partial charge in [0.05, 0.1) is 18.1 Å². The normalized spacial score (nSPS) is 10.8. The number of amides is 1. The van der Waals surface area contributed by atoms with Crippen LogP contribution in [-0.4, -0.2) is 12.6 Å². The number of anilines is 1. The van der Waals surface area contributed by atoms with E-state index in [1.165, 1.54) is 12.1 Å². The van der Waals surface area contributed by atoms with Gasteiger partial charge in [-0.05, 0) is 23.8 Å². The zero-order valence-electron chi connectivity index (χ0n) is 13.2. The van der Waals surface area contributed by atoms with Crippen molar-refractivity contribution in [2.24, 2.45) is 0 Å². The lowest BCUT2D eigenvalue weighted by atomic mass is 10.2. The highest BCUT2D eigenvalue weighted by molar-refractivity contribution is 5.87. The first-order valence-corrected chi connectivity index (χ1v) is 7.44. The molecule has 0 radical (unpaired) electrons. The first-order chi connectivity index (χ1) is 11.9. The van der Waals surface area contributed by atoms with Crippen molar-refractivity contribution in [2.75, 3.05) is 11.4 Å². The lowest BCUT2D eigenvalue weighted by Crippen LogP contribution is -2.32. The highest BCUT2D eigenvalue weighted by Crippen LogP contribution is 2.31. The number of nitriles is 1. The van der Waals surface area contributed by atoms with Gasteiger partial charge in [0, 0.05) is 12.2 Å². The minimum atomic E-state index is -4.52. The fourth-order valence-electron chi connectivity index (χ4n) is 2.13. The number of hydrogen-bond acceptors (Lipinski definition) is 3. The number of rotatable bonds is 5. The molecule has 2 aromatic carbocycles. The molecule has 0 aliphatic heterocycles. The average molecular weight is 348 g/mol. The molecular weight excluding hydrogens is 333 g/mol. The second-order valence-electron chi connectivity index (χ2n) is 5.15. The topological polar surface area (TPSA) is 53.3 Å². The second-order valence-corrected chi connectivity index (χ2v) is 5.15. The number of hydrogen-bond donors (Lipinski definition) is 0. The molecular formula is C18H15F3N2O2. The van der Waals surface area contributed by atoms with Gasteiger partial charge in [-0.2, -0.15) is 18.4 Å². The number of alkyl halides is 3. The Morgan fingerprint density at radius 2 is 1.84 bits per heavy atom. The van der Waals surface area contributed by atoms with Gasteiger partial charge in [0.25, 0.3) is 0 Å². The molecule has 0 atom stereocenters. The number of carbonyl (C=O) groups excluding carboxylic acids is 1. The predicted molar refractivity (Wildman–Crippen MR) is 85.6 cm³/mol. The molecule has 0 aliphatic rings. The summed E-state index contributed by atoms with van der Waals surface area (Å²) in [5.41, 5.74) is -0.0916. The van der Waals surface area contributed by atoms with E-state index < -0.39 is 17.8 Å². The number of halogens is 3. The lowest BCUT2D eigenvalue weighted by Gasteiger charge is -2.22. The summed E-state index contributed by atoms with van der Waals surface area (Å²) in [7, 11) is 0. The minimum Gasteiger partial charge on any atom is -0.444 e. The van der Waals surface area contributed by atoms with Crippen molar-refractivity contribution in [1.82, 2.24) is 0 Å². The van der Waals surface area contributed by atoms with Crippen LogP contribution in [0.15, 0.2) is 54.6 Å². The third-order valence-electron chi connectivity index (χ3n) is 3.36. The van der Waals surface area contributed by atoms with E-state index in [1.54, 1.807) is 24.3 Å². The Hall–Kier alpha value is -3.01. The van der Waals surface area contributed by atoms with Crippen molar-refractivity contribution < 1.29 is 22.7 Å². The smallest absolute Gasteiger partial charge is 0.416 e. The quantitative estimate of drug-likeness (QED) is 0.783. The maximum absolute atomic E-state index is 12.9. The van der Waals surface area contributed by atoms with Gasteiger partial charge in [0.2, 0.25) is 0 Å². The van der Waals surface area contributed by atoms with Crippen LogP contribution in [0.4, 0.5) is 23.7 Å². The lowest BCUT2D eigenvalue weighted by molar-refractivity contribution is -0.137. The molecule has 0 aromatic heterocycles. The number of carbonyl (C=O) groups is 1. The maximum atomic E-state index is 12.9. The molecule has 0 spiro atoms. The third-order valence-corrected chi connectivity index (χ3v) is 3.36. The summed E-state index contributed by atoms with van der Waals surface area (Å²) < 4.78 is 43.8.